The van der Waals surface area contributed by atoms with E-state index in [1.807, 2.05) is 4.90 Å². The van der Waals surface area contributed by atoms with Gasteiger partial charge in [0.15, 0.2) is 0 Å². The lowest BCUT2D eigenvalue weighted by Crippen LogP contribution is -2.29. The smallest absolute Gasteiger partial charge is 0.352 e. The normalized spacial score (nSPS) is 15.6. The summed E-state index contributed by atoms with van der Waals surface area (Å²) in [7, 11) is 0. The van der Waals surface area contributed by atoms with Gasteiger partial charge in [0.1, 0.15) is 5.82 Å². The number of hydrogen-bond acceptors (Lipinski definition) is 3. The Morgan fingerprint density at radius 2 is 2.11 bits per heavy atom. The summed E-state index contributed by atoms with van der Waals surface area (Å²) in [5, 5.41) is 0.0405. The number of rotatable bonds is 5. The highest BCUT2D eigenvalue weighted by Gasteiger charge is 2.34. The summed E-state index contributed by atoms with van der Waals surface area (Å²) < 4.78 is 37.6. The highest BCUT2D eigenvalue weighted by molar-refractivity contribution is 6.33. The lowest BCUT2D eigenvalue weighted by Gasteiger charge is -2.24. The second-order valence-corrected chi connectivity index (χ2v) is 5.00. The molecule has 1 aromatic heterocycles. The van der Waals surface area contributed by atoms with Crippen molar-refractivity contribution in [2.75, 3.05) is 18.0 Å². The van der Waals surface area contributed by atoms with E-state index in [-0.39, 0.29) is 5.02 Å². The Morgan fingerprint density at radius 3 is 2.58 bits per heavy atom. The van der Waals surface area contributed by atoms with Gasteiger partial charge in [0.2, 0.25) is 0 Å². The number of alkyl halides is 3. The van der Waals surface area contributed by atoms with Crippen molar-refractivity contribution in [1.29, 1.82) is 0 Å². The highest BCUT2D eigenvalue weighted by atomic mass is 35.5. The van der Waals surface area contributed by atoms with Gasteiger partial charge in [0.25, 0.3) is 0 Å². The first-order chi connectivity index (χ1) is 8.93. The fourth-order valence-corrected chi connectivity index (χ4v) is 2.18. The minimum absolute atomic E-state index is 0.0405. The molecular weight excluding hydrogens is 279 g/mol. The second-order valence-electron chi connectivity index (χ2n) is 4.59. The van der Waals surface area contributed by atoms with Crippen LogP contribution >= 0.6 is 11.6 Å². The van der Waals surface area contributed by atoms with Gasteiger partial charge in [-0.15, -0.1) is 0 Å². The maximum Gasteiger partial charge on any atom is 0.417 e. The molecular formula is C12H15ClF3N3. The zero-order valence-corrected chi connectivity index (χ0v) is 11.0. The van der Waals surface area contributed by atoms with Crippen molar-refractivity contribution in [1.82, 2.24) is 4.98 Å². The molecule has 2 N–H and O–H groups in total. The van der Waals surface area contributed by atoms with Gasteiger partial charge in [0, 0.05) is 18.8 Å². The number of nitrogens with two attached hydrogens (primary N) is 1. The molecule has 0 aromatic carbocycles. The molecule has 0 atom stereocenters. The number of pyridine rings is 1. The van der Waals surface area contributed by atoms with Gasteiger partial charge in [-0.25, -0.2) is 4.98 Å². The molecule has 106 valence electrons. The molecule has 1 aliphatic carbocycles. The summed E-state index contributed by atoms with van der Waals surface area (Å²) in [4.78, 5) is 5.85. The molecule has 1 heterocycles. The van der Waals surface area contributed by atoms with Gasteiger partial charge < -0.3 is 10.6 Å². The van der Waals surface area contributed by atoms with Crippen molar-refractivity contribution in [2.24, 2.45) is 5.73 Å². The van der Waals surface area contributed by atoms with Crippen molar-refractivity contribution < 1.29 is 13.2 Å². The number of hydrogen-bond donors (Lipinski definition) is 1. The van der Waals surface area contributed by atoms with Gasteiger partial charge in [-0.1, -0.05) is 11.6 Å². The van der Waals surface area contributed by atoms with Crippen molar-refractivity contribution in [2.45, 2.75) is 31.5 Å². The number of aromatic nitrogens is 1. The molecule has 0 spiro atoms. The fourth-order valence-electron chi connectivity index (χ4n) is 1.91. The third-order valence-corrected chi connectivity index (χ3v) is 3.29. The molecule has 0 unspecified atom stereocenters. The van der Waals surface area contributed by atoms with E-state index in [4.69, 9.17) is 17.3 Å². The molecule has 2 rings (SSSR count). The van der Waals surface area contributed by atoms with E-state index in [0.29, 0.717) is 24.9 Å². The average molecular weight is 294 g/mol. The van der Waals surface area contributed by atoms with Crippen LogP contribution in [0.2, 0.25) is 5.02 Å². The molecule has 1 aromatic rings. The Morgan fingerprint density at radius 1 is 1.42 bits per heavy atom. The Hall–Kier alpha value is -1.01. The van der Waals surface area contributed by atoms with Crippen LogP contribution in [0.1, 0.15) is 24.8 Å². The molecule has 0 radical (unpaired) electrons. The Bertz CT molecular complexity index is 446. The molecule has 1 fully saturated rings. The first-order valence-electron chi connectivity index (χ1n) is 6.13. The lowest BCUT2D eigenvalue weighted by molar-refractivity contribution is -0.137. The van der Waals surface area contributed by atoms with Crippen LogP contribution in [0.4, 0.5) is 19.0 Å². The van der Waals surface area contributed by atoms with Crippen molar-refractivity contribution in [3.05, 3.63) is 22.8 Å². The molecule has 7 heteroatoms. The van der Waals surface area contributed by atoms with Crippen LogP contribution in [0.5, 0.6) is 0 Å². The van der Waals surface area contributed by atoms with Gasteiger partial charge in [-0.05, 0) is 31.9 Å². The minimum Gasteiger partial charge on any atom is -0.352 e. The first-order valence-corrected chi connectivity index (χ1v) is 6.50. The van der Waals surface area contributed by atoms with Gasteiger partial charge >= 0.3 is 6.18 Å². The molecule has 0 amide bonds. The summed E-state index contributed by atoms with van der Waals surface area (Å²) in [6.07, 6.45) is -0.793. The topological polar surface area (TPSA) is 42.1 Å². The zero-order valence-electron chi connectivity index (χ0n) is 10.3. The zero-order chi connectivity index (χ0) is 14.0. The number of anilines is 1. The van der Waals surface area contributed by atoms with Crippen LogP contribution in [0.15, 0.2) is 12.3 Å². The van der Waals surface area contributed by atoms with Gasteiger partial charge in [0.05, 0.1) is 10.6 Å². The van der Waals surface area contributed by atoms with E-state index in [0.717, 1.165) is 31.5 Å². The van der Waals surface area contributed by atoms with Crippen LogP contribution in [0, 0.1) is 0 Å². The van der Waals surface area contributed by atoms with Gasteiger partial charge in [-0.3, -0.25) is 0 Å². The number of nitrogens with zero attached hydrogens (tertiary/aromatic N) is 2. The third-order valence-electron chi connectivity index (χ3n) is 3.01. The molecule has 1 aliphatic rings. The van der Waals surface area contributed by atoms with Crippen LogP contribution in [-0.2, 0) is 6.18 Å². The van der Waals surface area contributed by atoms with E-state index >= 15 is 0 Å². The van der Waals surface area contributed by atoms with E-state index < -0.39 is 11.7 Å². The summed E-state index contributed by atoms with van der Waals surface area (Å²) in [5.74, 6) is 0.422. The molecule has 0 bridgehead atoms. The molecule has 1 saturated carbocycles. The molecule has 19 heavy (non-hydrogen) atoms. The quantitative estimate of drug-likeness (QED) is 0.907. The Balaban J connectivity index is 2.23. The van der Waals surface area contributed by atoms with E-state index in [2.05, 4.69) is 4.98 Å². The maximum atomic E-state index is 12.5. The second kappa shape index (κ2) is 5.54. The molecule has 0 saturated heterocycles. The lowest BCUT2D eigenvalue weighted by atomic mass is 10.2. The average Bonchev–Trinajstić information content (AvgIpc) is 3.14. The standard InChI is InChI=1S/C12H15ClF3N3/c13-10-6-8(12(14,15)16)7-18-11(10)19(5-1-4-17)9-2-3-9/h6-7,9H,1-5,17H2. The third kappa shape index (κ3) is 3.51. The molecule has 3 nitrogen and oxygen atoms in total. The van der Waals surface area contributed by atoms with E-state index in [1.54, 1.807) is 0 Å². The SMILES string of the molecule is NCCCN(c1ncc(C(F)(F)F)cc1Cl)C1CC1. The summed E-state index contributed by atoms with van der Waals surface area (Å²) in [6, 6.07) is 1.26. The van der Waals surface area contributed by atoms with Crippen LogP contribution in [0.3, 0.4) is 0 Å². The Kier molecular flexibility index (Phi) is 4.20. The highest BCUT2D eigenvalue weighted by Crippen LogP contribution is 2.37. The number of halogens is 4. The largest absolute Gasteiger partial charge is 0.417 e. The van der Waals surface area contributed by atoms with Crippen molar-refractivity contribution >= 4 is 17.4 Å². The molecule has 0 aliphatic heterocycles. The monoisotopic (exact) mass is 293 g/mol. The fraction of sp³-hybridized carbons (Fsp3) is 0.583. The van der Waals surface area contributed by atoms with Gasteiger partial charge in [-0.2, -0.15) is 13.2 Å². The summed E-state index contributed by atoms with van der Waals surface area (Å²) in [6.45, 7) is 1.20. The van der Waals surface area contributed by atoms with Crippen molar-refractivity contribution in [3.8, 4) is 0 Å². The van der Waals surface area contributed by atoms with Crippen LogP contribution < -0.4 is 10.6 Å². The summed E-state index contributed by atoms with van der Waals surface area (Å²) >= 11 is 5.95. The van der Waals surface area contributed by atoms with Crippen molar-refractivity contribution in [3.63, 3.8) is 0 Å². The Labute approximate surface area is 114 Å². The predicted molar refractivity (Wildman–Crippen MR) is 68.3 cm³/mol. The van der Waals surface area contributed by atoms with Crippen LogP contribution in [-0.4, -0.2) is 24.1 Å². The minimum atomic E-state index is -4.42. The summed E-state index contributed by atoms with van der Waals surface area (Å²) in [5.41, 5.74) is 4.64. The van der Waals surface area contributed by atoms with E-state index in [9.17, 15) is 13.2 Å². The maximum absolute atomic E-state index is 12.5. The van der Waals surface area contributed by atoms with E-state index in [1.165, 1.54) is 0 Å². The predicted octanol–water partition coefficient (Wildman–Crippen LogP) is 3.07. The first kappa shape index (κ1) is 14.4. The van der Waals surface area contributed by atoms with Crippen LogP contribution in [0.25, 0.3) is 0 Å².